The van der Waals surface area contributed by atoms with Crippen molar-refractivity contribution in [3.05, 3.63) is 65.2 Å². The molecule has 2 aromatic carbocycles. The molecule has 3 heterocycles. The monoisotopic (exact) mass is 416 g/mol. The van der Waals surface area contributed by atoms with E-state index in [1.165, 1.54) is 16.7 Å². The molecule has 0 atom stereocenters. The Morgan fingerprint density at radius 2 is 1.68 bits per heavy atom. The van der Waals surface area contributed by atoms with Gasteiger partial charge in [0, 0.05) is 25.7 Å². The molecule has 2 aliphatic heterocycles. The molecule has 0 N–H and O–H groups in total. The number of benzene rings is 2. The first-order valence-electron chi connectivity index (χ1n) is 11.3. The van der Waals surface area contributed by atoms with Gasteiger partial charge >= 0.3 is 0 Å². The zero-order valence-electron chi connectivity index (χ0n) is 19.1. The van der Waals surface area contributed by atoms with Crippen molar-refractivity contribution in [1.82, 2.24) is 14.8 Å². The lowest BCUT2D eigenvalue weighted by atomic mass is 9.79. The summed E-state index contributed by atoms with van der Waals surface area (Å²) in [5.74, 6) is 1.73. The Labute approximate surface area is 185 Å². The Morgan fingerprint density at radius 1 is 0.968 bits per heavy atom. The average Bonchev–Trinajstić information content (AvgIpc) is 3.16. The number of piperidine rings is 1. The van der Waals surface area contributed by atoms with Gasteiger partial charge in [-0.1, -0.05) is 69.3 Å². The summed E-state index contributed by atoms with van der Waals surface area (Å²) < 4.78 is 8.28. The molecule has 0 saturated carbocycles. The average molecular weight is 417 g/mol. The second-order valence-corrected chi connectivity index (χ2v) is 9.92. The van der Waals surface area contributed by atoms with E-state index in [1.54, 1.807) is 0 Å². The summed E-state index contributed by atoms with van der Waals surface area (Å²) in [6, 6.07) is 17.5. The van der Waals surface area contributed by atoms with Crippen molar-refractivity contribution in [3.63, 3.8) is 0 Å². The Balaban J connectivity index is 1.35. The van der Waals surface area contributed by atoms with Crippen molar-refractivity contribution < 1.29 is 4.74 Å². The fourth-order valence-electron chi connectivity index (χ4n) is 4.97. The van der Waals surface area contributed by atoms with Gasteiger partial charge in [-0.15, -0.1) is 5.10 Å². The lowest BCUT2D eigenvalue weighted by Crippen LogP contribution is -2.47. The summed E-state index contributed by atoms with van der Waals surface area (Å²) in [6.07, 6.45) is 2.95. The van der Waals surface area contributed by atoms with Gasteiger partial charge in [-0.2, -0.15) is 4.98 Å². The molecule has 0 aliphatic carbocycles. The van der Waals surface area contributed by atoms with Crippen LogP contribution >= 0.6 is 0 Å². The molecule has 31 heavy (non-hydrogen) atoms. The first kappa shape index (κ1) is 20.3. The molecule has 3 aromatic rings. The molecule has 1 aromatic heterocycles. The normalized spacial score (nSPS) is 18.3. The highest BCUT2D eigenvalue weighted by atomic mass is 16.5. The summed E-state index contributed by atoms with van der Waals surface area (Å²) in [7, 11) is 1.98. The fourth-order valence-corrected chi connectivity index (χ4v) is 4.97. The topological polar surface area (TPSA) is 43.2 Å². The molecule has 1 spiro atoms. The number of anilines is 1. The highest BCUT2D eigenvalue weighted by molar-refractivity contribution is 5.58. The maximum absolute atomic E-state index is 6.38. The number of aryl methyl sites for hydroxylation is 1. The van der Waals surface area contributed by atoms with Crippen molar-refractivity contribution in [1.29, 1.82) is 0 Å². The van der Waals surface area contributed by atoms with Gasteiger partial charge in [0.1, 0.15) is 0 Å². The van der Waals surface area contributed by atoms with Crippen LogP contribution in [-0.4, -0.2) is 34.5 Å². The molecule has 0 bridgehead atoms. The molecule has 2 aliphatic rings. The van der Waals surface area contributed by atoms with Crippen LogP contribution in [0.25, 0.3) is 11.4 Å². The molecule has 5 heteroatoms. The molecular formula is C26H32N4O. The summed E-state index contributed by atoms with van der Waals surface area (Å²) in [5.41, 5.74) is 5.26. The summed E-state index contributed by atoms with van der Waals surface area (Å²) >= 11 is 0. The lowest BCUT2D eigenvalue weighted by molar-refractivity contribution is -0.0767. The van der Waals surface area contributed by atoms with E-state index in [0.717, 1.165) is 56.3 Å². The largest absolute Gasteiger partial charge is 0.370 e. The number of hydrogen-bond donors (Lipinski definition) is 0. The maximum atomic E-state index is 6.38. The van der Waals surface area contributed by atoms with Gasteiger partial charge in [-0.05, 0) is 41.4 Å². The highest BCUT2D eigenvalue weighted by Crippen LogP contribution is 2.42. The first-order chi connectivity index (χ1) is 14.9. The molecule has 1 fully saturated rings. The van der Waals surface area contributed by atoms with Crippen LogP contribution in [-0.2, 0) is 29.2 Å². The molecular weight excluding hydrogens is 384 g/mol. The molecule has 0 amide bonds. The van der Waals surface area contributed by atoms with Crippen LogP contribution in [0.4, 0.5) is 5.95 Å². The minimum atomic E-state index is -0.147. The third kappa shape index (κ3) is 3.65. The molecule has 0 unspecified atom stereocenters. The third-order valence-electron chi connectivity index (χ3n) is 6.87. The molecule has 162 valence electrons. The highest BCUT2D eigenvalue weighted by Gasteiger charge is 2.41. The van der Waals surface area contributed by atoms with Crippen molar-refractivity contribution >= 4 is 5.95 Å². The Bertz CT molecular complexity index is 1070. The smallest absolute Gasteiger partial charge is 0.245 e. The van der Waals surface area contributed by atoms with Crippen LogP contribution in [0, 0.1) is 0 Å². The van der Waals surface area contributed by atoms with Crippen LogP contribution < -0.4 is 4.90 Å². The second-order valence-electron chi connectivity index (χ2n) is 9.92. The van der Waals surface area contributed by atoms with Gasteiger partial charge in [0.15, 0.2) is 5.82 Å². The Morgan fingerprint density at radius 3 is 2.39 bits per heavy atom. The number of rotatable bonds is 2. The maximum Gasteiger partial charge on any atom is 0.245 e. The van der Waals surface area contributed by atoms with Gasteiger partial charge in [0.25, 0.3) is 0 Å². The van der Waals surface area contributed by atoms with Crippen molar-refractivity contribution in [3.8, 4) is 11.4 Å². The van der Waals surface area contributed by atoms with Gasteiger partial charge in [-0.3, -0.25) is 0 Å². The van der Waals surface area contributed by atoms with E-state index in [-0.39, 0.29) is 11.0 Å². The number of hydrogen-bond acceptors (Lipinski definition) is 4. The minimum Gasteiger partial charge on any atom is -0.370 e. The summed E-state index contributed by atoms with van der Waals surface area (Å²) in [4.78, 5) is 7.21. The molecule has 0 radical (unpaired) electrons. The third-order valence-corrected chi connectivity index (χ3v) is 6.87. The zero-order chi connectivity index (χ0) is 21.6. The fraction of sp³-hybridized carbons (Fsp3) is 0.462. The molecule has 1 saturated heterocycles. The number of nitrogens with zero attached hydrogens (tertiary/aromatic N) is 4. The lowest BCUT2D eigenvalue weighted by Gasteiger charge is -2.44. The van der Waals surface area contributed by atoms with Gasteiger partial charge < -0.3 is 9.64 Å². The molecule has 5 rings (SSSR count). The van der Waals surface area contributed by atoms with Gasteiger partial charge in [0.05, 0.1) is 12.2 Å². The zero-order valence-corrected chi connectivity index (χ0v) is 19.1. The van der Waals surface area contributed by atoms with E-state index < -0.39 is 0 Å². The van der Waals surface area contributed by atoms with E-state index in [1.807, 2.05) is 11.7 Å². The van der Waals surface area contributed by atoms with Crippen molar-refractivity contribution in [2.24, 2.45) is 7.05 Å². The SMILES string of the molecule is Cn1nc(N2CCC3(CC2)OCCc2ccccc23)nc1-c1ccc(C(C)(C)C)cc1. The molecule has 5 nitrogen and oxygen atoms in total. The quantitative estimate of drug-likeness (QED) is 0.599. The van der Waals surface area contributed by atoms with Gasteiger partial charge in [-0.25, -0.2) is 4.68 Å². The number of ether oxygens (including phenoxy) is 1. The van der Waals surface area contributed by atoms with E-state index in [9.17, 15) is 0 Å². The number of aromatic nitrogens is 3. The van der Waals surface area contributed by atoms with E-state index >= 15 is 0 Å². The summed E-state index contributed by atoms with van der Waals surface area (Å²) in [5, 5.41) is 4.75. The van der Waals surface area contributed by atoms with Crippen molar-refractivity contribution in [2.45, 2.75) is 51.0 Å². The van der Waals surface area contributed by atoms with Crippen molar-refractivity contribution in [2.75, 3.05) is 24.6 Å². The predicted molar refractivity (Wildman–Crippen MR) is 124 cm³/mol. The standard InChI is InChI=1S/C26H32N4O/c1-25(2,3)21-11-9-20(10-12-21)23-27-24(28-29(23)4)30-16-14-26(15-17-30)22-8-6-5-7-19(22)13-18-31-26/h5-12H,13-18H2,1-4H3. The van der Waals surface area contributed by atoms with E-state index in [0.29, 0.717) is 0 Å². The summed E-state index contributed by atoms with van der Waals surface area (Å²) in [6.45, 7) is 9.33. The minimum absolute atomic E-state index is 0.146. The first-order valence-corrected chi connectivity index (χ1v) is 11.3. The van der Waals surface area contributed by atoms with Gasteiger partial charge in [0.2, 0.25) is 5.95 Å². The predicted octanol–water partition coefficient (Wildman–Crippen LogP) is 4.85. The van der Waals surface area contributed by atoms with Crippen LogP contribution in [0.3, 0.4) is 0 Å². The van der Waals surface area contributed by atoms with E-state index in [2.05, 4.69) is 74.2 Å². The van der Waals surface area contributed by atoms with E-state index in [4.69, 9.17) is 14.8 Å². The van der Waals surface area contributed by atoms with Crippen LogP contribution in [0.2, 0.25) is 0 Å². The number of fused-ring (bicyclic) bond motifs is 2. The van der Waals surface area contributed by atoms with Crippen LogP contribution in [0.5, 0.6) is 0 Å². The Kier molecular flexibility index (Phi) is 4.89. The second kappa shape index (κ2) is 7.49. The van der Waals surface area contributed by atoms with Crippen LogP contribution in [0.15, 0.2) is 48.5 Å². The Hall–Kier alpha value is -2.66. The van der Waals surface area contributed by atoms with Crippen LogP contribution in [0.1, 0.15) is 50.3 Å².